The number of hydrogen-bond donors (Lipinski definition) is 0. The number of unbranched alkanes of at least 4 members (excludes halogenated alkanes) is 1. The predicted molar refractivity (Wildman–Crippen MR) is 109 cm³/mol. The predicted octanol–water partition coefficient (Wildman–Crippen LogP) is 3.52. The highest BCUT2D eigenvalue weighted by molar-refractivity contribution is 7.98. The zero-order valence-corrected chi connectivity index (χ0v) is 16.9. The molecule has 0 bridgehead atoms. The summed E-state index contributed by atoms with van der Waals surface area (Å²) >= 11 is 1.42. The van der Waals surface area contributed by atoms with Gasteiger partial charge >= 0.3 is 5.97 Å². The summed E-state index contributed by atoms with van der Waals surface area (Å²) in [5.74, 6) is 0.628. The van der Waals surface area contributed by atoms with E-state index in [1.807, 2.05) is 28.7 Å². The summed E-state index contributed by atoms with van der Waals surface area (Å²) in [6.07, 6.45) is 3.31. The van der Waals surface area contributed by atoms with Gasteiger partial charge < -0.3 is 9.15 Å². The molecule has 0 radical (unpaired) electrons. The van der Waals surface area contributed by atoms with Gasteiger partial charge in [-0.25, -0.2) is 4.79 Å². The molecule has 0 aliphatic heterocycles. The first-order valence-corrected chi connectivity index (χ1v) is 10.3. The van der Waals surface area contributed by atoms with Crippen LogP contribution >= 0.6 is 11.8 Å². The maximum atomic E-state index is 13.0. The highest BCUT2D eigenvalue weighted by Gasteiger charge is 2.19. The number of carbonyl (C=O) groups is 1. The maximum Gasteiger partial charge on any atom is 0.374 e. The van der Waals surface area contributed by atoms with Crippen molar-refractivity contribution in [1.29, 1.82) is 0 Å². The van der Waals surface area contributed by atoms with Crippen molar-refractivity contribution in [2.75, 3.05) is 7.11 Å². The number of carbonyl (C=O) groups excluding carboxylic acids is 1. The van der Waals surface area contributed by atoms with Crippen LogP contribution in [-0.2, 0) is 17.0 Å². The Morgan fingerprint density at radius 3 is 2.86 bits per heavy atom. The number of nitrogens with zero attached hydrogens (tertiary/aromatic N) is 4. The quantitative estimate of drug-likeness (QED) is 0.339. The minimum Gasteiger partial charge on any atom is -0.463 e. The van der Waals surface area contributed by atoms with Crippen molar-refractivity contribution < 1.29 is 13.9 Å². The first-order chi connectivity index (χ1) is 14.2. The zero-order chi connectivity index (χ0) is 20.4. The van der Waals surface area contributed by atoms with E-state index in [1.165, 1.54) is 25.1 Å². The molecule has 0 aliphatic rings. The summed E-state index contributed by atoms with van der Waals surface area (Å²) in [6.45, 7) is 2.67. The van der Waals surface area contributed by atoms with Crippen LogP contribution in [0.25, 0.3) is 16.7 Å². The SMILES string of the molecule is CCCCn1c(=O)c2ccccc2n2c(SCc3ccoc3C(=O)OC)nnc12. The summed E-state index contributed by atoms with van der Waals surface area (Å²) in [4.78, 5) is 24.8. The lowest BCUT2D eigenvalue weighted by Gasteiger charge is -2.10. The highest BCUT2D eigenvalue weighted by Crippen LogP contribution is 2.26. The van der Waals surface area contributed by atoms with Crippen LogP contribution in [0.1, 0.15) is 35.9 Å². The number of aryl methyl sites for hydroxylation is 1. The summed E-state index contributed by atoms with van der Waals surface area (Å²) in [7, 11) is 1.31. The summed E-state index contributed by atoms with van der Waals surface area (Å²) < 4.78 is 13.6. The molecule has 0 saturated heterocycles. The second-order valence-electron chi connectivity index (χ2n) is 6.50. The van der Waals surface area contributed by atoms with Crippen LogP contribution in [0, 0.1) is 0 Å². The topological polar surface area (TPSA) is 91.6 Å². The Kier molecular flexibility index (Phi) is 5.39. The Morgan fingerprint density at radius 2 is 2.07 bits per heavy atom. The van der Waals surface area contributed by atoms with E-state index in [0.29, 0.717) is 34.2 Å². The van der Waals surface area contributed by atoms with Gasteiger partial charge in [0.15, 0.2) is 5.16 Å². The van der Waals surface area contributed by atoms with Gasteiger partial charge in [-0.05, 0) is 24.6 Å². The Labute approximate surface area is 170 Å². The number of rotatable bonds is 7. The Bertz CT molecular complexity index is 1240. The van der Waals surface area contributed by atoms with Gasteiger partial charge in [-0.2, -0.15) is 0 Å². The number of aromatic nitrogens is 4. The van der Waals surface area contributed by atoms with Gasteiger partial charge in [0.2, 0.25) is 11.5 Å². The van der Waals surface area contributed by atoms with Crippen molar-refractivity contribution >= 4 is 34.4 Å². The van der Waals surface area contributed by atoms with Crippen LogP contribution in [-0.4, -0.2) is 32.2 Å². The Balaban J connectivity index is 1.78. The third kappa shape index (κ3) is 3.42. The van der Waals surface area contributed by atoms with E-state index >= 15 is 0 Å². The average Bonchev–Trinajstić information content (AvgIpc) is 3.39. The van der Waals surface area contributed by atoms with Gasteiger partial charge in [0.25, 0.3) is 5.56 Å². The van der Waals surface area contributed by atoms with E-state index in [0.717, 1.165) is 18.4 Å². The molecule has 150 valence electrons. The first kappa shape index (κ1) is 19.3. The van der Waals surface area contributed by atoms with Crippen LogP contribution in [0.4, 0.5) is 0 Å². The molecule has 4 rings (SSSR count). The van der Waals surface area contributed by atoms with Crippen LogP contribution in [0.2, 0.25) is 0 Å². The van der Waals surface area contributed by atoms with Crippen LogP contribution in [0.3, 0.4) is 0 Å². The molecule has 0 aliphatic carbocycles. The van der Waals surface area contributed by atoms with E-state index in [4.69, 9.17) is 9.15 Å². The van der Waals surface area contributed by atoms with Crippen LogP contribution in [0.5, 0.6) is 0 Å². The normalized spacial score (nSPS) is 11.4. The molecule has 0 unspecified atom stereocenters. The number of thioether (sulfide) groups is 1. The monoisotopic (exact) mass is 412 g/mol. The average molecular weight is 412 g/mol. The summed E-state index contributed by atoms with van der Waals surface area (Å²) in [5.41, 5.74) is 1.41. The molecule has 4 aromatic rings. The van der Waals surface area contributed by atoms with E-state index in [1.54, 1.807) is 10.6 Å². The number of para-hydroxylation sites is 1. The molecule has 9 heteroatoms. The second-order valence-corrected chi connectivity index (χ2v) is 7.44. The molecular formula is C20H20N4O4S. The van der Waals surface area contributed by atoms with Crippen molar-refractivity contribution in [3.8, 4) is 0 Å². The van der Waals surface area contributed by atoms with Gasteiger partial charge in [0, 0.05) is 17.9 Å². The number of fused-ring (bicyclic) bond motifs is 3. The Hall–Kier alpha value is -3.07. The van der Waals surface area contributed by atoms with Crippen molar-refractivity contribution in [2.45, 2.75) is 37.2 Å². The van der Waals surface area contributed by atoms with Crippen molar-refractivity contribution in [1.82, 2.24) is 19.2 Å². The fourth-order valence-corrected chi connectivity index (χ4v) is 4.13. The third-order valence-corrected chi connectivity index (χ3v) is 5.67. The highest BCUT2D eigenvalue weighted by atomic mass is 32.2. The van der Waals surface area contributed by atoms with Crippen LogP contribution < -0.4 is 5.56 Å². The van der Waals surface area contributed by atoms with Gasteiger partial charge in [-0.3, -0.25) is 13.8 Å². The fraction of sp³-hybridized carbons (Fsp3) is 0.300. The van der Waals surface area contributed by atoms with Gasteiger partial charge in [0.1, 0.15) is 0 Å². The van der Waals surface area contributed by atoms with Gasteiger partial charge in [-0.15, -0.1) is 10.2 Å². The molecule has 0 atom stereocenters. The number of esters is 1. The number of ether oxygens (including phenoxy) is 1. The second kappa shape index (κ2) is 8.12. The van der Waals surface area contributed by atoms with Crippen molar-refractivity contribution in [2.24, 2.45) is 0 Å². The molecule has 3 heterocycles. The standard InChI is InChI=1S/C20H20N4O4S/c1-3-4-10-23-17(25)14-7-5-6-8-15(14)24-19(23)21-22-20(24)29-12-13-9-11-28-16(13)18(26)27-2/h5-9,11H,3-4,10,12H2,1-2H3. The van der Waals surface area contributed by atoms with Crippen LogP contribution in [0.15, 0.2) is 51.0 Å². The third-order valence-electron chi connectivity index (χ3n) is 4.69. The number of hydrogen-bond acceptors (Lipinski definition) is 7. The number of furan rings is 1. The molecule has 0 saturated carbocycles. The molecule has 1 aromatic carbocycles. The number of methoxy groups -OCH3 is 1. The molecule has 0 fully saturated rings. The smallest absolute Gasteiger partial charge is 0.374 e. The summed E-state index contributed by atoms with van der Waals surface area (Å²) in [6, 6.07) is 9.18. The van der Waals surface area contributed by atoms with Gasteiger partial charge in [0.05, 0.1) is 24.3 Å². The van der Waals surface area contributed by atoms with Crippen molar-refractivity contribution in [3.63, 3.8) is 0 Å². The Morgan fingerprint density at radius 1 is 1.24 bits per heavy atom. The first-order valence-electron chi connectivity index (χ1n) is 9.29. The van der Waals surface area contributed by atoms with Gasteiger partial charge in [-0.1, -0.05) is 37.2 Å². The lowest BCUT2D eigenvalue weighted by molar-refractivity contribution is 0.0564. The molecule has 29 heavy (non-hydrogen) atoms. The lowest BCUT2D eigenvalue weighted by atomic mass is 10.2. The molecule has 3 aromatic heterocycles. The maximum absolute atomic E-state index is 13.0. The van der Waals surface area contributed by atoms with E-state index in [2.05, 4.69) is 17.1 Å². The molecule has 0 N–H and O–H groups in total. The van der Waals surface area contributed by atoms with E-state index in [-0.39, 0.29) is 11.3 Å². The zero-order valence-electron chi connectivity index (χ0n) is 16.1. The largest absolute Gasteiger partial charge is 0.463 e. The summed E-state index contributed by atoms with van der Waals surface area (Å²) in [5, 5.41) is 9.87. The van der Waals surface area contributed by atoms with E-state index in [9.17, 15) is 9.59 Å². The van der Waals surface area contributed by atoms with E-state index < -0.39 is 5.97 Å². The fourth-order valence-electron chi connectivity index (χ4n) is 3.21. The minimum absolute atomic E-state index is 0.0617. The van der Waals surface area contributed by atoms with Crippen molar-refractivity contribution in [3.05, 3.63) is 58.3 Å². The molecule has 0 amide bonds. The molecule has 8 nitrogen and oxygen atoms in total. The molecular weight excluding hydrogens is 392 g/mol. The minimum atomic E-state index is -0.518. The molecule has 0 spiro atoms. The lowest BCUT2D eigenvalue weighted by Crippen LogP contribution is -2.23. The number of benzene rings is 1.